The van der Waals surface area contributed by atoms with Gasteiger partial charge < -0.3 is 5.32 Å². The summed E-state index contributed by atoms with van der Waals surface area (Å²) in [6.45, 7) is -0.765. The number of pyridine rings is 1. The van der Waals surface area contributed by atoms with E-state index in [1.165, 1.54) is 47.5 Å². The molecule has 0 unspecified atom stereocenters. The average Bonchev–Trinajstić information content (AvgIpc) is 3.32. The van der Waals surface area contributed by atoms with Crippen molar-refractivity contribution < 1.29 is 31.9 Å². The van der Waals surface area contributed by atoms with Gasteiger partial charge in [0.15, 0.2) is 0 Å². The first-order valence-corrected chi connectivity index (χ1v) is 13.3. The third-order valence-corrected chi connectivity index (χ3v) is 7.52. The second kappa shape index (κ2) is 11.5. The van der Waals surface area contributed by atoms with Crippen molar-refractivity contribution in [3.05, 3.63) is 88.8 Å². The molecule has 12 heteroatoms. The number of hydrogen-bond donors (Lipinski definition) is 1. The summed E-state index contributed by atoms with van der Waals surface area (Å²) in [5.74, 6) is -5.45. The average molecular weight is 589 g/mol. The summed E-state index contributed by atoms with van der Waals surface area (Å²) in [6.07, 6.45) is 0.170. The van der Waals surface area contributed by atoms with Crippen molar-refractivity contribution in [3.8, 4) is 0 Å². The highest BCUT2D eigenvalue weighted by molar-refractivity contribution is 6.31. The molecule has 2 aromatic carbocycles. The molecule has 3 amide bonds. The van der Waals surface area contributed by atoms with Crippen LogP contribution in [-0.2, 0) is 21.1 Å². The highest BCUT2D eigenvalue weighted by Gasteiger charge is 2.48. The molecule has 2 atom stereocenters. The molecule has 3 aromatic rings. The summed E-state index contributed by atoms with van der Waals surface area (Å²) in [4.78, 5) is 47.5. The van der Waals surface area contributed by atoms with Gasteiger partial charge in [0.1, 0.15) is 30.4 Å². The zero-order chi connectivity index (χ0) is 29.3. The molecule has 1 saturated heterocycles. The number of nitrogens with zero attached hydrogens (tertiary/aromatic N) is 3. The quantitative estimate of drug-likeness (QED) is 0.351. The van der Waals surface area contributed by atoms with Crippen molar-refractivity contribution in [2.45, 2.75) is 56.4 Å². The largest absolute Gasteiger partial charge is 0.351 e. The number of benzene rings is 2. The normalized spacial score (nSPS) is 19.0. The van der Waals surface area contributed by atoms with E-state index >= 15 is 0 Å². The van der Waals surface area contributed by atoms with Crippen LogP contribution in [0.15, 0.2) is 66.9 Å². The summed E-state index contributed by atoms with van der Waals surface area (Å²) in [5.41, 5.74) is 0.451. The molecule has 1 aliphatic heterocycles. The maximum absolute atomic E-state index is 14.5. The predicted molar refractivity (Wildman–Crippen MR) is 144 cm³/mol. The lowest BCUT2D eigenvalue weighted by Gasteiger charge is -2.39. The van der Waals surface area contributed by atoms with Crippen molar-refractivity contribution in [1.29, 1.82) is 0 Å². The number of alkyl halides is 3. The van der Waals surface area contributed by atoms with Crippen LogP contribution in [0.4, 0.5) is 29.1 Å². The van der Waals surface area contributed by atoms with E-state index in [4.69, 9.17) is 11.6 Å². The Morgan fingerprint density at radius 3 is 2.51 bits per heavy atom. The first-order chi connectivity index (χ1) is 19.6. The molecule has 214 valence electrons. The minimum Gasteiger partial charge on any atom is -0.351 e. The molecule has 5 rings (SSSR count). The Morgan fingerprint density at radius 2 is 1.88 bits per heavy atom. The first-order valence-electron chi connectivity index (χ1n) is 12.9. The smallest absolute Gasteiger partial charge is 0.252 e. The molecule has 0 spiro atoms. The maximum atomic E-state index is 14.5. The number of carbonyl (C=O) groups excluding carboxylic acids is 3. The van der Waals surface area contributed by atoms with Crippen LogP contribution in [0.1, 0.15) is 42.9 Å². The number of rotatable bonds is 8. The van der Waals surface area contributed by atoms with E-state index in [2.05, 4.69) is 10.3 Å². The number of anilines is 2. The number of amides is 3. The van der Waals surface area contributed by atoms with Crippen LogP contribution in [-0.4, -0.2) is 40.7 Å². The molecule has 0 bridgehead atoms. The fourth-order valence-electron chi connectivity index (χ4n) is 5.17. The molecule has 41 heavy (non-hydrogen) atoms. The van der Waals surface area contributed by atoms with Gasteiger partial charge in [0, 0.05) is 53.3 Å². The van der Waals surface area contributed by atoms with Crippen molar-refractivity contribution in [2.24, 2.45) is 0 Å². The molecule has 7 nitrogen and oxygen atoms in total. The van der Waals surface area contributed by atoms with E-state index in [1.807, 2.05) is 0 Å². The molecule has 2 aliphatic rings. The van der Waals surface area contributed by atoms with Gasteiger partial charge in [0.25, 0.3) is 11.8 Å². The van der Waals surface area contributed by atoms with Crippen molar-refractivity contribution >= 4 is 40.8 Å². The topological polar surface area (TPSA) is 82.6 Å². The summed E-state index contributed by atoms with van der Waals surface area (Å²) < 4.78 is 54.7. The summed E-state index contributed by atoms with van der Waals surface area (Å²) in [5, 5.41) is 2.69. The molecular weight excluding hydrogens is 564 g/mol. The first kappa shape index (κ1) is 28.5. The number of aromatic nitrogens is 1. The van der Waals surface area contributed by atoms with Gasteiger partial charge >= 0.3 is 0 Å². The van der Waals surface area contributed by atoms with E-state index in [0.717, 1.165) is 17.0 Å². The van der Waals surface area contributed by atoms with Crippen LogP contribution in [0.2, 0.25) is 5.02 Å². The zero-order valence-electron chi connectivity index (χ0n) is 21.6. The molecule has 2 heterocycles. The number of halogens is 5. The van der Waals surface area contributed by atoms with Gasteiger partial charge in [-0.15, -0.1) is 0 Å². The van der Waals surface area contributed by atoms with Gasteiger partial charge in [-0.1, -0.05) is 41.9 Å². The minimum absolute atomic E-state index is 0.00551. The second-order valence-electron chi connectivity index (χ2n) is 10.1. The molecule has 0 radical (unpaired) electrons. The lowest BCUT2D eigenvalue weighted by atomic mass is 9.87. The lowest BCUT2D eigenvalue weighted by molar-refractivity contribution is -0.133. The molecule has 1 aliphatic carbocycles. The second-order valence-corrected chi connectivity index (χ2v) is 10.5. The minimum atomic E-state index is -2.91. The van der Waals surface area contributed by atoms with Crippen LogP contribution in [0, 0.1) is 5.82 Å². The SMILES string of the molecule is O=C(NC1CC(F)(F)C1)[C@H](c1ccccc1Cl)N(C(=O)[C@@H]1CCC(=O)N1c1ccc(CF)cn1)c1cccc(F)c1. The summed E-state index contributed by atoms with van der Waals surface area (Å²) in [6, 6.07) is 10.6. The Kier molecular flexibility index (Phi) is 7.99. The third kappa shape index (κ3) is 5.90. The summed E-state index contributed by atoms with van der Waals surface area (Å²) in [7, 11) is 0. The maximum Gasteiger partial charge on any atom is 0.252 e. The van der Waals surface area contributed by atoms with Gasteiger partial charge in [0.05, 0.1) is 0 Å². The molecule has 2 fully saturated rings. The van der Waals surface area contributed by atoms with Crippen LogP contribution >= 0.6 is 11.6 Å². The molecule has 1 saturated carbocycles. The number of carbonyl (C=O) groups is 3. The highest BCUT2D eigenvalue weighted by Crippen LogP contribution is 2.39. The fraction of sp³-hybridized carbons (Fsp3) is 0.310. The highest BCUT2D eigenvalue weighted by atomic mass is 35.5. The number of nitrogens with one attached hydrogen (secondary N) is 1. The zero-order valence-corrected chi connectivity index (χ0v) is 22.3. The van der Waals surface area contributed by atoms with Gasteiger partial charge in [-0.25, -0.2) is 22.5 Å². The summed E-state index contributed by atoms with van der Waals surface area (Å²) >= 11 is 6.48. The molecule has 1 N–H and O–H groups in total. The Labute approximate surface area is 238 Å². The fourth-order valence-corrected chi connectivity index (χ4v) is 5.41. The number of hydrogen-bond acceptors (Lipinski definition) is 4. The molecular formula is C29H25ClF4N4O3. The Hall–Kier alpha value is -3.99. The van der Waals surface area contributed by atoms with Crippen molar-refractivity contribution in [2.75, 3.05) is 9.80 Å². The van der Waals surface area contributed by atoms with Gasteiger partial charge in [-0.3, -0.25) is 24.2 Å². The van der Waals surface area contributed by atoms with Crippen molar-refractivity contribution in [3.63, 3.8) is 0 Å². The van der Waals surface area contributed by atoms with Gasteiger partial charge in [-0.2, -0.15) is 0 Å². The van der Waals surface area contributed by atoms with Crippen LogP contribution in [0.25, 0.3) is 0 Å². The van der Waals surface area contributed by atoms with E-state index in [9.17, 15) is 31.9 Å². The third-order valence-electron chi connectivity index (χ3n) is 7.17. The van der Waals surface area contributed by atoms with Crippen LogP contribution < -0.4 is 15.1 Å². The van der Waals surface area contributed by atoms with E-state index < -0.39 is 67.1 Å². The van der Waals surface area contributed by atoms with E-state index in [1.54, 1.807) is 12.1 Å². The van der Waals surface area contributed by atoms with Gasteiger partial charge in [-0.05, 0) is 36.8 Å². The molecule has 1 aromatic heterocycles. The monoisotopic (exact) mass is 588 g/mol. The standard InChI is InChI=1S/C29H25ClF4N4O3/c30-22-7-2-1-6-21(22)26(27(40)36-19-13-29(33,34)14-19)37(20-5-3-4-18(32)12-20)28(41)23-9-11-25(39)38(23)24-10-8-17(15-31)16-35-24/h1-8,10,12,16,19,23,26H,9,11,13-15H2,(H,36,40)/t23-,26-/m0/s1. The Morgan fingerprint density at radius 1 is 1.12 bits per heavy atom. The van der Waals surface area contributed by atoms with Crippen molar-refractivity contribution in [1.82, 2.24) is 10.3 Å². The Balaban J connectivity index is 1.59. The van der Waals surface area contributed by atoms with Gasteiger partial charge in [0.2, 0.25) is 11.8 Å². The lowest BCUT2D eigenvalue weighted by Crippen LogP contribution is -2.56. The van der Waals surface area contributed by atoms with Crippen LogP contribution in [0.5, 0.6) is 0 Å². The van der Waals surface area contributed by atoms with Crippen LogP contribution in [0.3, 0.4) is 0 Å². The van der Waals surface area contributed by atoms with E-state index in [0.29, 0.717) is 0 Å². The van der Waals surface area contributed by atoms with E-state index in [-0.39, 0.29) is 40.5 Å². The Bertz CT molecular complexity index is 1460. The predicted octanol–water partition coefficient (Wildman–Crippen LogP) is 5.53.